The lowest BCUT2D eigenvalue weighted by Crippen LogP contribution is -2.31. The molecule has 1 rings (SSSR count). The first-order valence-electron chi connectivity index (χ1n) is 3.83. The van der Waals surface area contributed by atoms with Gasteiger partial charge in [0.1, 0.15) is 0 Å². The van der Waals surface area contributed by atoms with E-state index in [4.69, 9.17) is 11.0 Å². The molecule has 0 amide bonds. The number of hydrogen-bond donors (Lipinski definition) is 1. The molecular formula is C8H15ClN2. The minimum Gasteiger partial charge on any atom is -0.328 e. The Labute approximate surface area is 74.2 Å². The van der Waals surface area contributed by atoms with Crippen LogP contribution >= 0.6 is 12.4 Å². The van der Waals surface area contributed by atoms with Crippen LogP contribution < -0.4 is 5.73 Å². The van der Waals surface area contributed by atoms with Crippen LogP contribution in [0.15, 0.2) is 0 Å². The minimum absolute atomic E-state index is 0. The van der Waals surface area contributed by atoms with Crippen LogP contribution in [0.1, 0.15) is 32.6 Å². The molecule has 1 fully saturated rings. The SMILES string of the molecule is CC1(C#N)CCC(N)CC1.Cl. The first-order valence-corrected chi connectivity index (χ1v) is 3.83. The predicted octanol–water partition coefficient (Wildman–Crippen LogP) is 1.84. The normalized spacial score (nSPS) is 37.0. The van der Waals surface area contributed by atoms with Crippen molar-refractivity contribution in [3.8, 4) is 6.07 Å². The van der Waals surface area contributed by atoms with E-state index in [0.717, 1.165) is 25.7 Å². The average Bonchev–Trinajstić information content (AvgIpc) is 1.96. The summed E-state index contributed by atoms with van der Waals surface area (Å²) in [7, 11) is 0. The van der Waals surface area contributed by atoms with Crippen LogP contribution in [0.4, 0.5) is 0 Å². The highest BCUT2D eigenvalue weighted by Crippen LogP contribution is 2.34. The lowest BCUT2D eigenvalue weighted by molar-refractivity contribution is 0.271. The molecule has 1 aliphatic rings. The van der Waals surface area contributed by atoms with Crippen LogP contribution in [0.5, 0.6) is 0 Å². The Hall–Kier alpha value is -0.260. The van der Waals surface area contributed by atoms with Gasteiger partial charge in [0.25, 0.3) is 0 Å². The number of rotatable bonds is 0. The summed E-state index contributed by atoms with van der Waals surface area (Å²) in [6.07, 6.45) is 3.99. The van der Waals surface area contributed by atoms with Crippen LogP contribution in [0.25, 0.3) is 0 Å². The van der Waals surface area contributed by atoms with Gasteiger partial charge in [0.2, 0.25) is 0 Å². The number of nitrogens with zero attached hydrogens (tertiary/aromatic N) is 1. The minimum atomic E-state index is -0.0735. The van der Waals surface area contributed by atoms with Crippen molar-refractivity contribution >= 4 is 12.4 Å². The van der Waals surface area contributed by atoms with Crippen molar-refractivity contribution < 1.29 is 0 Å². The third-order valence-corrected chi connectivity index (χ3v) is 2.40. The van der Waals surface area contributed by atoms with Crippen molar-refractivity contribution in [2.45, 2.75) is 38.6 Å². The summed E-state index contributed by atoms with van der Waals surface area (Å²) in [4.78, 5) is 0. The number of nitrogens with two attached hydrogens (primary N) is 1. The van der Waals surface area contributed by atoms with E-state index in [0.29, 0.717) is 6.04 Å². The van der Waals surface area contributed by atoms with Crippen LogP contribution in [0.3, 0.4) is 0 Å². The fourth-order valence-corrected chi connectivity index (χ4v) is 1.39. The second-order valence-electron chi connectivity index (χ2n) is 3.51. The summed E-state index contributed by atoms with van der Waals surface area (Å²) in [5.41, 5.74) is 5.63. The van der Waals surface area contributed by atoms with Crippen molar-refractivity contribution in [2.24, 2.45) is 11.1 Å². The number of halogens is 1. The molecular weight excluding hydrogens is 160 g/mol. The zero-order valence-corrected chi connectivity index (χ0v) is 7.66. The molecule has 3 heteroatoms. The molecule has 0 spiro atoms. The van der Waals surface area contributed by atoms with Crippen LogP contribution in [-0.2, 0) is 0 Å². The quantitative estimate of drug-likeness (QED) is 0.609. The fourth-order valence-electron chi connectivity index (χ4n) is 1.39. The molecule has 1 aliphatic carbocycles. The van der Waals surface area contributed by atoms with Gasteiger partial charge in [0.15, 0.2) is 0 Å². The van der Waals surface area contributed by atoms with E-state index in [1.54, 1.807) is 0 Å². The topological polar surface area (TPSA) is 49.8 Å². The highest BCUT2D eigenvalue weighted by atomic mass is 35.5. The number of nitriles is 1. The zero-order valence-electron chi connectivity index (χ0n) is 6.84. The van der Waals surface area contributed by atoms with E-state index in [2.05, 4.69) is 6.07 Å². The molecule has 0 unspecified atom stereocenters. The van der Waals surface area contributed by atoms with Crippen LogP contribution in [-0.4, -0.2) is 6.04 Å². The van der Waals surface area contributed by atoms with Crippen LogP contribution in [0.2, 0.25) is 0 Å². The monoisotopic (exact) mass is 174 g/mol. The van der Waals surface area contributed by atoms with Gasteiger partial charge in [-0.05, 0) is 32.6 Å². The van der Waals surface area contributed by atoms with Gasteiger partial charge >= 0.3 is 0 Å². The molecule has 1 saturated carbocycles. The van der Waals surface area contributed by atoms with Crippen molar-refractivity contribution in [3.05, 3.63) is 0 Å². The number of hydrogen-bond acceptors (Lipinski definition) is 2. The Bertz CT molecular complexity index is 154. The second-order valence-corrected chi connectivity index (χ2v) is 3.51. The zero-order chi connectivity index (χ0) is 7.61. The largest absolute Gasteiger partial charge is 0.328 e. The molecule has 2 N–H and O–H groups in total. The third kappa shape index (κ3) is 2.69. The van der Waals surface area contributed by atoms with E-state index < -0.39 is 0 Å². The maximum atomic E-state index is 8.75. The van der Waals surface area contributed by atoms with Gasteiger partial charge in [-0.15, -0.1) is 12.4 Å². The Kier molecular flexibility index (Phi) is 3.85. The van der Waals surface area contributed by atoms with E-state index >= 15 is 0 Å². The van der Waals surface area contributed by atoms with Crippen molar-refractivity contribution in [1.82, 2.24) is 0 Å². The molecule has 0 aromatic heterocycles. The molecule has 0 saturated heterocycles. The smallest absolute Gasteiger partial charge is 0.0686 e. The second kappa shape index (κ2) is 3.94. The van der Waals surface area contributed by atoms with E-state index in [-0.39, 0.29) is 17.8 Å². The lowest BCUT2D eigenvalue weighted by atomic mass is 9.75. The van der Waals surface area contributed by atoms with Gasteiger partial charge in [0.05, 0.1) is 11.5 Å². The van der Waals surface area contributed by atoms with Crippen molar-refractivity contribution in [3.63, 3.8) is 0 Å². The van der Waals surface area contributed by atoms with Gasteiger partial charge in [-0.2, -0.15) is 5.26 Å². The molecule has 0 aromatic rings. The third-order valence-electron chi connectivity index (χ3n) is 2.40. The summed E-state index contributed by atoms with van der Waals surface area (Å²) >= 11 is 0. The van der Waals surface area contributed by atoms with Gasteiger partial charge in [-0.25, -0.2) is 0 Å². The molecule has 2 nitrogen and oxygen atoms in total. The van der Waals surface area contributed by atoms with Crippen molar-refractivity contribution in [2.75, 3.05) is 0 Å². The summed E-state index contributed by atoms with van der Waals surface area (Å²) in [5.74, 6) is 0. The molecule has 0 atom stereocenters. The molecule has 11 heavy (non-hydrogen) atoms. The van der Waals surface area contributed by atoms with E-state index in [1.807, 2.05) is 6.92 Å². The van der Waals surface area contributed by atoms with E-state index in [1.165, 1.54) is 0 Å². The Morgan fingerprint density at radius 3 is 2.27 bits per heavy atom. The highest BCUT2D eigenvalue weighted by molar-refractivity contribution is 5.85. The first kappa shape index (κ1) is 10.7. The Balaban J connectivity index is 0.000001000. The first-order chi connectivity index (χ1) is 4.66. The molecule has 0 radical (unpaired) electrons. The highest BCUT2D eigenvalue weighted by Gasteiger charge is 2.29. The molecule has 64 valence electrons. The van der Waals surface area contributed by atoms with Gasteiger partial charge in [-0.1, -0.05) is 0 Å². The lowest BCUT2D eigenvalue weighted by Gasteiger charge is -2.29. The van der Waals surface area contributed by atoms with Gasteiger partial charge in [-0.3, -0.25) is 0 Å². The fraction of sp³-hybridized carbons (Fsp3) is 0.875. The van der Waals surface area contributed by atoms with Gasteiger partial charge < -0.3 is 5.73 Å². The summed E-state index contributed by atoms with van der Waals surface area (Å²) in [6, 6.07) is 2.69. The van der Waals surface area contributed by atoms with Gasteiger partial charge in [0, 0.05) is 6.04 Å². The molecule has 0 aromatic carbocycles. The molecule has 0 bridgehead atoms. The Morgan fingerprint density at radius 1 is 1.45 bits per heavy atom. The van der Waals surface area contributed by atoms with E-state index in [9.17, 15) is 0 Å². The summed E-state index contributed by atoms with van der Waals surface area (Å²) in [5, 5.41) is 8.75. The predicted molar refractivity (Wildman–Crippen MR) is 47.4 cm³/mol. The summed E-state index contributed by atoms with van der Waals surface area (Å²) in [6.45, 7) is 2.03. The Morgan fingerprint density at radius 2 is 1.91 bits per heavy atom. The molecule has 0 aliphatic heterocycles. The summed E-state index contributed by atoms with van der Waals surface area (Å²) < 4.78 is 0. The van der Waals surface area contributed by atoms with Crippen molar-refractivity contribution in [1.29, 1.82) is 5.26 Å². The maximum Gasteiger partial charge on any atom is 0.0686 e. The molecule has 0 heterocycles. The standard InChI is InChI=1S/C8H14N2.ClH/c1-8(6-9)4-2-7(10)3-5-8;/h7H,2-5,10H2,1H3;1H. The maximum absolute atomic E-state index is 8.75. The average molecular weight is 175 g/mol. The van der Waals surface area contributed by atoms with Crippen LogP contribution in [0, 0.1) is 16.7 Å².